The van der Waals surface area contributed by atoms with Crippen molar-refractivity contribution in [2.24, 2.45) is 0 Å². The van der Waals surface area contributed by atoms with Crippen LogP contribution in [0.1, 0.15) is 30.6 Å². The molecule has 1 aromatic carbocycles. The van der Waals surface area contributed by atoms with Crippen molar-refractivity contribution in [3.8, 4) is 5.75 Å². The number of benzene rings is 1. The van der Waals surface area contributed by atoms with Crippen molar-refractivity contribution in [2.45, 2.75) is 26.4 Å². The Balaban J connectivity index is 2.39. The van der Waals surface area contributed by atoms with Crippen molar-refractivity contribution in [3.05, 3.63) is 28.2 Å². The minimum absolute atomic E-state index is 0.0193. The van der Waals surface area contributed by atoms with E-state index in [9.17, 15) is 9.90 Å². The normalized spacial score (nSPS) is 10.7. The van der Waals surface area contributed by atoms with E-state index in [1.165, 1.54) is 6.07 Å². The lowest BCUT2D eigenvalue weighted by atomic mass is 10.2. The average Bonchev–Trinajstić information content (AvgIpc) is 2.31. The lowest BCUT2D eigenvalue weighted by Gasteiger charge is -2.09. The minimum atomic E-state index is -0.279. The summed E-state index contributed by atoms with van der Waals surface area (Å²) in [6, 6.07) is 4.76. The highest BCUT2D eigenvalue weighted by Crippen LogP contribution is 2.21. The molecule has 0 radical (unpaired) electrons. The summed E-state index contributed by atoms with van der Waals surface area (Å²) in [5.74, 6) is -0.299. The highest BCUT2D eigenvalue weighted by molar-refractivity contribution is 9.10. The van der Waals surface area contributed by atoms with Crippen molar-refractivity contribution in [2.75, 3.05) is 13.2 Å². The van der Waals surface area contributed by atoms with Crippen LogP contribution >= 0.6 is 15.9 Å². The van der Waals surface area contributed by atoms with Crippen LogP contribution in [-0.2, 0) is 4.74 Å². The minimum Gasteiger partial charge on any atom is -0.507 e. The Labute approximate surface area is 115 Å². The lowest BCUT2D eigenvalue weighted by molar-refractivity contribution is 0.0757. The molecule has 1 amide bonds. The molecule has 0 unspecified atom stereocenters. The maximum Gasteiger partial charge on any atom is 0.255 e. The van der Waals surface area contributed by atoms with Crippen LogP contribution in [0.4, 0.5) is 0 Å². The van der Waals surface area contributed by atoms with E-state index in [0.717, 1.165) is 10.9 Å². The van der Waals surface area contributed by atoms with Gasteiger partial charge in [0.25, 0.3) is 5.91 Å². The molecule has 0 spiro atoms. The molecule has 4 nitrogen and oxygen atoms in total. The van der Waals surface area contributed by atoms with E-state index in [4.69, 9.17) is 4.74 Å². The van der Waals surface area contributed by atoms with Gasteiger partial charge in [-0.1, -0.05) is 15.9 Å². The van der Waals surface area contributed by atoms with E-state index in [1.54, 1.807) is 12.1 Å². The fraction of sp³-hybridized carbons (Fsp3) is 0.462. The molecule has 0 aliphatic heterocycles. The van der Waals surface area contributed by atoms with Gasteiger partial charge in [-0.3, -0.25) is 4.79 Å². The van der Waals surface area contributed by atoms with E-state index in [-0.39, 0.29) is 23.3 Å². The molecule has 1 aromatic rings. The van der Waals surface area contributed by atoms with Gasteiger partial charge in [-0.25, -0.2) is 0 Å². The van der Waals surface area contributed by atoms with Gasteiger partial charge in [0.1, 0.15) is 5.75 Å². The molecule has 0 saturated heterocycles. The summed E-state index contributed by atoms with van der Waals surface area (Å²) >= 11 is 3.26. The molecule has 0 heterocycles. The zero-order chi connectivity index (χ0) is 13.5. The molecule has 0 atom stereocenters. The molecule has 0 bridgehead atoms. The second-order valence-corrected chi connectivity index (χ2v) is 5.11. The summed E-state index contributed by atoms with van der Waals surface area (Å²) in [4.78, 5) is 11.8. The van der Waals surface area contributed by atoms with E-state index in [0.29, 0.717) is 13.2 Å². The Morgan fingerprint density at radius 3 is 2.89 bits per heavy atom. The van der Waals surface area contributed by atoms with Crippen LogP contribution in [0.3, 0.4) is 0 Å². The van der Waals surface area contributed by atoms with Gasteiger partial charge in [-0.2, -0.15) is 0 Å². The van der Waals surface area contributed by atoms with Gasteiger partial charge in [-0.15, -0.1) is 0 Å². The first kappa shape index (κ1) is 15.0. The molecular weight excluding hydrogens is 298 g/mol. The second kappa shape index (κ2) is 7.38. The van der Waals surface area contributed by atoms with Gasteiger partial charge >= 0.3 is 0 Å². The van der Waals surface area contributed by atoms with Gasteiger partial charge in [0.15, 0.2) is 0 Å². The van der Waals surface area contributed by atoms with Crippen molar-refractivity contribution in [3.63, 3.8) is 0 Å². The summed E-state index contributed by atoms with van der Waals surface area (Å²) in [6.45, 7) is 5.08. The van der Waals surface area contributed by atoms with Crippen LogP contribution in [0.25, 0.3) is 0 Å². The lowest BCUT2D eigenvalue weighted by Crippen LogP contribution is -2.25. The maximum absolute atomic E-state index is 11.8. The predicted octanol–water partition coefficient (Wildman–Crippen LogP) is 2.70. The first-order valence-electron chi connectivity index (χ1n) is 5.89. The molecule has 2 N–H and O–H groups in total. The molecule has 0 aliphatic carbocycles. The first-order chi connectivity index (χ1) is 8.50. The van der Waals surface area contributed by atoms with Crippen LogP contribution in [0.15, 0.2) is 22.7 Å². The quantitative estimate of drug-likeness (QED) is 0.793. The van der Waals surface area contributed by atoms with Crippen LogP contribution < -0.4 is 5.32 Å². The monoisotopic (exact) mass is 315 g/mol. The summed E-state index contributed by atoms with van der Waals surface area (Å²) in [7, 11) is 0. The smallest absolute Gasteiger partial charge is 0.255 e. The van der Waals surface area contributed by atoms with Gasteiger partial charge < -0.3 is 15.2 Å². The maximum atomic E-state index is 11.8. The summed E-state index contributed by atoms with van der Waals surface area (Å²) < 4.78 is 6.12. The molecule has 5 heteroatoms. The van der Waals surface area contributed by atoms with Gasteiger partial charge in [0, 0.05) is 17.6 Å². The Kier molecular flexibility index (Phi) is 6.15. The van der Waals surface area contributed by atoms with E-state index in [2.05, 4.69) is 21.2 Å². The van der Waals surface area contributed by atoms with Crippen molar-refractivity contribution in [1.29, 1.82) is 0 Å². The number of hydrogen-bond acceptors (Lipinski definition) is 3. The van der Waals surface area contributed by atoms with Crippen LogP contribution in [-0.4, -0.2) is 30.3 Å². The Morgan fingerprint density at radius 2 is 2.22 bits per heavy atom. The zero-order valence-corrected chi connectivity index (χ0v) is 12.2. The number of amides is 1. The summed E-state index contributed by atoms with van der Waals surface area (Å²) in [5, 5.41) is 12.3. The van der Waals surface area contributed by atoms with Gasteiger partial charge in [-0.05, 0) is 38.5 Å². The summed E-state index contributed by atoms with van der Waals surface area (Å²) in [6.07, 6.45) is 0.952. The van der Waals surface area contributed by atoms with E-state index in [1.807, 2.05) is 13.8 Å². The molecule has 100 valence electrons. The highest BCUT2D eigenvalue weighted by atomic mass is 79.9. The van der Waals surface area contributed by atoms with Crippen molar-refractivity contribution >= 4 is 21.8 Å². The third-order valence-corrected chi connectivity index (χ3v) is 2.75. The third-order valence-electron chi connectivity index (χ3n) is 2.26. The SMILES string of the molecule is CC(C)OCCCNC(=O)c1cc(Br)ccc1O. The number of nitrogens with one attached hydrogen (secondary N) is 1. The fourth-order valence-electron chi connectivity index (χ4n) is 1.38. The number of ether oxygens (including phenoxy) is 1. The molecular formula is C13H18BrNO3. The average molecular weight is 316 g/mol. The molecule has 1 rings (SSSR count). The summed E-state index contributed by atoms with van der Waals surface area (Å²) in [5.41, 5.74) is 0.272. The number of carbonyl (C=O) groups is 1. The Morgan fingerprint density at radius 1 is 1.50 bits per heavy atom. The third kappa shape index (κ3) is 5.06. The number of rotatable bonds is 6. The molecule has 0 saturated carbocycles. The number of phenolic OH excluding ortho intramolecular Hbond substituents is 1. The first-order valence-corrected chi connectivity index (χ1v) is 6.68. The van der Waals surface area contributed by atoms with E-state index >= 15 is 0 Å². The van der Waals surface area contributed by atoms with Gasteiger partial charge in [0.2, 0.25) is 0 Å². The standard InChI is InChI=1S/C13H18BrNO3/c1-9(2)18-7-3-6-15-13(17)11-8-10(14)4-5-12(11)16/h4-5,8-9,16H,3,6-7H2,1-2H3,(H,15,17). The largest absolute Gasteiger partial charge is 0.507 e. The van der Waals surface area contributed by atoms with Crippen LogP contribution in [0, 0.1) is 0 Å². The number of halogens is 1. The predicted molar refractivity (Wildman–Crippen MR) is 73.8 cm³/mol. The number of hydrogen-bond donors (Lipinski definition) is 2. The van der Waals surface area contributed by atoms with Crippen molar-refractivity contribution < 1.29 is 14.6 Å². The number of phenols is 1. The molecule has 18 heavy (non-hydrogen) atoms. The zero-order valence-electron chi connectivity index (χ0n) is 10.6. The second-order valence-electron chi connectivity index (χ2n) is 4.19. The number of aromatic hydroxyl groups is 1. The topological polar surface area (TPSA) is 58.6 Å². The number of carbonyl (C=O) groups excluding carboxylic acids is 1. The highest BCUT2D eigenvalue weighted by Gasteiger charge is 2.10. The Bertz CT molecular complexity index is 407. The van der Waals surface area contributed by atoms with Crippen LogP contribution in [0.5, 0.6) is 5.75 Å². The van der Waals surface area contributed by atoms with Crippen molar-refractivity contribution in [1.82, 2.24) is 5.32 Å². The molecule has 0 fully saturated rings. The van der Waals surface area contributed by atoms with Crippen LogP contribution in [0.2, 0.25) is 0 Å². The fourth-order valence-corrected chi connectivity index (χ4v) is 1.74. The molecule has 0 aromatic heterocycles. The van der Waals surface area contributed by atoms with Gasteiger partial charge in [0.05, 0.1) is 11.7 Å². The van der Waals surface area contributed by atoms with E-state index < -0.39 is 0 Å². The Hall–Kier alpha value is -1.07. The molecule has 0 aliphatic rings.